The van der Waals surface area contributed by atoms with Gasteiger partial charge in [0.05, 0.1) is 23.1 Å². The molecule has 5 aromatic rings. The lowest BCUT2D eigenvalue weighted by atomic mass is 10.1. The molecule has 0 saturated heterocycles. The van der Waals surface area contributed by atoms with Crippen LogP contribution in [0.2, 0.25) is 0 Å². The fraction of sp³-hybridized carbons (Fsp3) is 0.357. The summed E-state index contributed by atoms with van der Waals surface area (Å²) >= 11 is 0. The minimum atomic E-state index is -4.50. The van der Waals surface area contributed by atoms with E-state index < -0.39 is 11.9 Å². The van der Waals surface area contributed by atoms with Crippen LogP contribution < -0.4 is 5.32 Å². The second-order valence-corrected chi connectivity index (χ2v) is 10.2. The van der Waals surface area contributed by atoms with E-state index in [0.717, 1.165) is 48.0 Å². The predicted octanol–water partition coefficient (Wildman–Crippen LogP) is 6.10. The highest BCUT2D eigenvalue weighted by atomic mass is 19.4. The van der Waals surface area contributed by atoms with E-state index in [1.807, 2.05) is 26.0 Å². The van der Waals surface area contributed by atoms with E-state index in [-0.39, 0.29) is 11.9 Å². The van der Waals surface area contributed by atoms with E-state index in [9.17, 15) is 13.2 Å². The summed E-state index contributed by atoms with van der Waals surface area (Å²) in [5, 5.41) is 3.38. The van der Waals surface area contributed by atoms with Crippen molar-refractivity contribution in [3.8, 4) is 22.8 Å². The third-order valence-electron chi connectivity index (χ3n) is 7.00. The Balaban J connectivity index is 1.29. The fourth-order valence-corrected chi connectivity index (χ4v) is 4.76. The predicted molar refractivity (Wildman–Crippen MR) is 144 cm³/mol. The van der Waals surface area contributed by atoms with Crippen LogP contribution in [0.25, 0.3) is 28.4 Å². The van der Waals surface area contributed by atoms with Gasteiger partial charge in [-0.05, 0) is 38.7 Å². The zero-order valence-electron chi connectivity index (χ0n) is 22.3. The smallest absolute Gasteiger partial charge is 0.351 e. The molecule has 206 valence electrons. The zero-order valence-corrected chi connectivity index (χ0v) is 22.3. The van der Waals surface area contributed by atoms with Crippen molar-refractivity contribution in [3.05, 3.63) is 72.0 Å². The highest BCUT2D eigenvalue weighted by Gasteiger charge is 2.35. The lowest BCUT2D eigenvalue weighted by molar-refractivity contribution is -0.140. The summed E-state index contributed by atoms with van der Waals surface area (Å²) in [5.74, 6) is 1.82. The van der Waals surface area contributed by atoms with Crippen LogP contribution in [-0.2, 0) is 19.1 Å². The first-order chi connectivity index (χ1) is 19.2. The van der Waals surface area contributed by atoms with Gasteiger partial charge < -0.3 is 9.88 Å². The molecular formula is C28H28F3N9. The number of benzene rings is 1. The van der Waals surface area contributed by atoms with Crippen molar-refractivity contribution in [2.24, 2.45) is 0 Å². The number of anilines is 1. The molecule has 0 aliphatic heterocycles. The van der Waals surface area contributed by atoms with E-state index in [2.05, 4.69) is 32.2 Å². The van der Waals surface area contributed by atoms with Crippen LogP contribution in [0.1, 0.15) is 68.2 Å². The lowest BCUT2D eigenvalue weighted by Gasteiger charge is -2.14. The molecule has 4 aromatic heterocycles. The van der Waals surface area contributed by atoms with Crippen LogP contribution in [0.15, 0.2) is 49.3 Å². The SMILES string of the molecule is CCc1ncnc(C2CC2)c1-c1nc(NCc2ccc(-c3nc(C(F)(F)F)cn3C(C)C)cc2)n2cncc2n1. The van der Waals surface area contributed by atoms with Crippen LogP contribution in [0.4, 0.5) is 19.1 Å². The van der Waals surface area contributed by atoms with Gasteiger partial charge >= 0.3 is 6.18 Å². The summed E-state index contributed by atoms with van der Waals surface area (Å²) in [5.41, 5.74) is 4.08. The Labute approximate surface area is 228 Å². The number of rotatable bonds is 8. The Morgan fingerprint density at radius 1 is 1.05 bits per heavy atom. The Morgan fingerprint density at radius 3 is 2.50 bits per heavy atom. The standard InChI is InChI=1S/C28H28F3N9/c1-4-20-23(24(18-9-10-18)35-14-34-20)25-37-22-12-32-15-40(22)27(38-25)33-11-17-5-7-19(8-6-17)26-36-21(28(29,30)31)13-39(26)16(2)3/h5-8,12-16,18H,4,9-11H2,1-3H3,(H,33,37,38). The van der Waals surface area contributed by atoms with Crippen molar-refractivity contribution >= 4 is 11.6 Å². The maximum atomic E-state index is 13.3. The van der Waals surface area contributed by atoms with Crippen LogP contribution in [-0.4, -0.2) is 38.9 Å². The van der Waals surface area contributed by atoms with Crippen molar-refractivity contribution in [2.45, 2.75) is 64.7 Å². The molecule has 0 bridgehead atoms. The Hall–Kier alpha value is -4.35. The van der Waals surface area contributed by atoms with E-state index in [4.69, 9.17) is 9.97 Å². The molecule has 1 saturated carbocycles. The van der Waals surface area contributed by atoms with Crippen molar-refractivity contribution in [3.63, 3.8) is 0 Å². The Morgan fingerprint density at radius 2 is 1.82 bits per heavy atom. The number of aromatic nitrogens is 8. The van der Waals surface area contributed by atoms with Gasteiger partial charge in [0.15, 0.2) is 17.2 Å². The summed E-state index contributed by atoms with van der Waals surface area (Å²) in [7, 11) is 0. The van der Waals surface area contributed by atoms with Gasteiger partial charge in [-0.15, -0.1) is 0 Å². The van der Waals surface area contributed by atoms with Crippen molar-refractivity contribution in [1.29, 1.82) is 0 Å². The van der Waals surface area contributed by atoms with E-state index >= 15 is 0 Å². The molecule has 40 heavy (non-hydrogen) atoms. The number of imidazole rings is 2. The van der Waals surface area contributed by atoms with Gasteiger partial charge in [0.1, 0.15) is 18.5 Å². The topological polar surface area (TPSA) is 98.7 Å². The molecular weight excluding hydrogens is 519 g/mol. The average molecular weight is 548 g/mol. The van der Waals surface area contributed by atoms with E-state index in [0.29, 0.717) is 35.4 Å². The number of nitrogens with one attached hydrogen (secondary N) is 1. The van der Waals surface area contributed by atoms with Crippen LogP contribution in [0, 0.1) is 0 Å². The minimum Gasteiger partial charge on any atom is -0.351 e. The van der Waals surface area contributed by atoms with Crippen LogP contribution in [0.3, 0.4) is 0 Å². The molecule has 0 spiro atoms. The molecule has 1 aliphatic carbocycles. The van der Waals surface area contributed by atoms with Crippen molar-refractivity contribution in [2.75, 3.05) is 5.32 Å². The van der Waals surface area contributed by atoms with Crippen LogP contribution >= 0.6 is 0 Å². The van der Waals surface area contributed by atoms with E-state index in [1.54, 1.807) is 40.0 Å². The maximum absolute atomic E-state index is 13.3. The number of hydrogen-bond acceptors (Lipinski definition) is 7. The van der Waals surface area contributed by atoms with Crippen LogP contribution in [0.5, 0.6) is 0 Å². The molecule has 6 rings (SSSR count). The van der Waals surface area contributed by atoms with Gasteiger partial charge in [0, 0.05) is 30.3 Å². The number of aryl methyl sites for hydroxylation is 1. The fourth-order valence-electron chi connectivity index (χ4n) is 4.76. The Bertz CT molecular complexity index is 1670. The van der Waals surface area contributed by atoms with Gasteiger partial charge in [-0.1, -0.05) is 31.2 Å². The maximum Gasteiger partial charge on any atom is 0.434 e. The number of hydrogen-bond donors (Lipinski definition) is 1. The molecule has 0 amide bonds. The summed E-state index contributed by atoms with van der Waals surface area (Å²) in [6, 6.07) is 7.13. The summed E-state index contributed by atoms with van der Waals surface area (Å²) in [6.45, 7) is 6.14. The van der Waals surface area contributed by atoms with Gasteiger partial charge in [-0.3, -0.25) is 4.40 Å². The third kappa shape index (κ3) is 4.89. The Kier molecular flexibility index (Phi) is 6.47. The number of nitrogens with zero attached hydrogens (tertiary/aromatic N) is 8. The van der Waals surface area contributed by atoms with Gasteiger partial charge in [-0.25, -0.2) is 24.9 Å². The molecule has 1 aliphatic rings. The molecule has 4 heterocycles. The highest BCUT2D eigenvalue weighted by Crippen LogP contribution is 2.43. The summed E-state index contributed by atoms with van der Waals surface area (Å²) in [6.07, 6.45) is 4.44. The molecule has 9 nitrogen and oxygen atoms in total. The number of fused-ring (bicyclic) bond motifs is 1. The first-order valence-electron chi connectivity index (χ1n) is 13.3. The minimum absolute atomic E-state index is 0.173. The second kappa shape index (κ2) is 10.00. The molecule has 1 N–H and O–H groups in total. The van der Waals surface area contributed by atoms with Gasteiger partial charge in [0.25, 0.3) is 0 Å². The first-order valence-corrected chi connectivity index (χ1v) is 13.3. The third-order valence-corrected chi connectivity index (χ3v) is 7.00. The van der Waals surface area contributed by atoms with Crippen molar-refractivity contribution < 1.29 is 13.2 Å². The van der Waals surface area contributed by atoms with Gasteiger partial charge in [-0.2, -0.15) is 18.2 Å². The molecule has 1 aromatic carbocycles. The van der Waals surface area contributed by atoms with Gasteiger partial charge in [0.2, 0.25) is 5.95 Å². The lowest BCUT2D eigenvalue weighted by Crippen LogP contribution is -2.10. The molecule has 0 atom stereocenters. The molecule has 0 radical (unpaired) electrons. The molecule has 0 unspecified atom stereocenters. The second-order valence-electron chi connectivity index (χ2n) is 10.2. The normalized spacial score (nSPS) is 13.9. The zero-order chi connectivity index (χ0) is 28.0. The molecule has 12 heteroatoms. The number of alkyl halides is 3. The van der Waals surface area contributed by atoms with Crippen molar-refractivity contribution in [1.82, 2.24) is 38.9 Å². The number of halogens is 3. The first kappa shape index (κ1) is 25.9. The molecule has 1 fully saturated rings. The summed E-state index contributed by atoms with van der Waals surface area (Å²) < 4.78 is 43.3. The highest BCUT2D eigenvalue weighted by molar-refractivity contribution is 5.66. The summed E-state index contributed by atoms with van der Waals surface area (Å²) in [4.78, 5) is 26.8. The van der Waals surface area contributed by atoms with E-state index in [1.165, 1.54) is 0 Å². The monoisotopic (exact) mass is 547 g/mol. The quantitative estimate of drug-likeness (QED) is 0.251. The largest absolute Gasteiger partial charge is 0.434 e. The average Bonchev–Trinajstić information content (AvgIpc) is 3.48.